The SMILES string of the molecule is CCCCCCC[C@H]1CC[C@H](C2CCC(C#Cc3ccc(OCCCC)cc3)CC2)CC1. The van der Waals surface area contributed by atoms with Gasteiger partial charge in [-0.25, -0.2) is 0 Å². The van der Waals surface area contributed by atoms with Crippen molar-refractivity contribution >= 4 is 0 Å². The zero-order valence-corrected chi connectivity index (χ0v) is 21.0. The summed E-state index contributed by atoms with van der Waals surface area (Å²) in [4.78, 5) is 0. The summed E-state index contributed by atoms with van der Waals surface area (Å²) in [6.45, 7) is 5.31. The maximum absolute atomic E-state index is 5.76. The van der Waals surface area contributed by atoms with Crippen molar-refractivity contribution in [2.45, 2.75) is 117 Å². The van der Waals surface area contributed by atoms with Crippen LogP contribution in [0.2, 0.25) is 0 Å². The van der Waals surface area contributed by atoms with Crippen LogP contribution in [-0.2, 0) is 0 Å². The highest BCUT2D eigenvalue weighted by atomic mass is 16.5. The molecule has 3 rings (SSSR count). The fraction of sp³-hybridized carbons (Fsp3) is 0.742. The van der Waals surface area contributed by atoms with Gasteiger partial charge >= 0.3 is 0 Å². The van der Waals surface area contributed by atoms with Gasteiger partial charge in [-0.1, -0.05) is 83.5 Å². The van der Waals surface area contributed by atoms with E-state index < -0.39 is 0 Å². The minimum atomic E-state index is 0.603. The van der Waals surface area contributed by atoms with Crippen LogP contribution in [0.1, 0.15) is 122 Å². The molecule has 32 heavy (non-hydrogen) atoms. The Morgan fingerprint density at radius 1 is 0.719 bits per heavy atom. The van der Waals surface area contributed by atoms with E-state index >= 15 is 0 Å². The fourth-order valence-corrected chi connectivity index (χ4v) is 5.87. The summed E-state index contributed by atoms with van der Waals surface area (Å²) in [5.74, 6) is 11.6. The highest BCUT2D eigenvalue weighted by Gasteiger charge is 2.30. The molecule has 0 bridgehead atoms. The number of unbranched alkanes of at least 4 members (excludes halogenated alkanes) is 5. The first-order valence-corrected chi connectivity index (χ1v) is 14.0. The first-order chi connectivity index (χ1) is 15.8. The summed E-state index contributed by atoms with van der Waals surface area (Å²) in [5.41, 5.74) is 1.13. The smallest absolute Gasteiger partial charge is 0.119 e. The Kier molecular flexibility index (Phi) is 11.6. The van der Waals surface area contributed by atoms with Gasteiger partial charge in [0.1, 0.15) is 5.75 Å². The van der Waals surface area contributed by atoms with E-state index in [4.69, 9.17) is 4.74 Å². The standard InChI is InChI=1S/C31H48O/c1-3-5-7-8-9-10-26-13-19-29(20-14-26)30-21-15-27(16-22-30)11-12-28-17-23-31(24-18-28)32-25-6-4-2/h17-18,23-24,26-27,29-30H,3-10,13-16,19-22,25H2,1-2H3/t26-,27?,29-,30?. The first-order valence-electron chi connectivity index (χ1n) is 14.0. The van der Waals surface area contributed by atoms with Crippen molar-refractivity contribution in [3.63, 3.8) is 0 Å². The number of benzene rings is 1. The lowest BCUT2D eigenvalue weighted by Crippen LogP contribution is -2.25. The molecule has 1 aromatic rings. The second-order valence-corrected chi connectivity index (χ2v) is 10.6. The molecule has 0 amide bonds. The topological polar surface area (TPSA) is 9.23 Å². The third-order valence-corrected chi connectivity index (χ3v) is 8.09. The average Bonchev–Trinajstić information content (AvgIpc) is 2.84. The van der Waals surface area contributed by atoms with Gasteiger partial charge in [-0.15, -0.1) is 0 Å². The summed E-state index contributed by atoms with van der Waals surface area (Å²) in [6, 6.07) is 8.36. The highest BCUT2D eigenvalue weighted by molar-refractivity contribution is 5.38. The minimum absolute atomic E-state index is 0.603. The van der Waals surface area contributed by atoms with E-state index in [1.54, 1.807) is 0 Å². The van der Waals surface area contributed by atoms with Crippen LogP contribution >= 0.6 is 0 Å². The summed E-state index contributed by atoms with van der Waals surface area (Å²) >= 11 is 0. The van der Waals surface area contributed by atoms with Crippen molar-refractivity contribution < 1.29 is 4.74 Å². The van der Waals surface area contributed by atoms with Crippen molar-refractivity contribution in [1.82, 2.24) is 0 Å². The van der Waals surface area contributed by atoms with Crippen molar-refractivity contribution in [2.75, 3.05) is 6.61 Å². The molecule has 0 radical (unpaired) electrons. The van der Waals surface area contributed by atoms with Gasteiger partial charge in [-0.3, -0.25) is 0 Å². The molecule has 1 heteroatoms. The molecule has 1 aromatic carbocycles. The molecule has 0 atom stereocenters. The van der Waals surface area contributed by atoms with Gasteiger partial charge in [0, 0.05) is 11.5 Å². The molecule has 178 valence electrons. The molecule has 0 aromatic heterocycles. The molecule has 0 N–H and O–H groups in total. The van der Waals surface area contributed by atoms with Crippen molar-refractivity contribution in [1.29, 1.82) is 0 Å². The molecule has 0 spiro atoms. The van der Waals surface area contributed by atoms with E-state index in [1.807, 2.05) is 0 Å². The molecule has 0 aliphatic heterocycles. The largest absolute Gasteiger partial charge is 0.494 e. The van der Waals surface area contributed by atoms with Crippen molar-refractivity contribution in [3.8, 4) is 17.6 Å². The zero-order chi connectivity index (χ0) is 22.4. The molecule has 2 fully saturated rings. The van der Waals surface area contributed by atoms with Gasteiger partial charge in [-0.2, -0.15) is 0 Å². The summed E-state index contributed by atoms with van der Waals surface area (Å²) < 4.78 is 5.76. The zero-order valence-electron chi connectivity index (χ0n) is 21.0. The fourth-order valence-electron chi connectivity index (χ4n) is 5.87. The first kappa shape index (κ1) is 25.2. The Morgan fingerprint density at radius 3 is 2.00 bits per heavy atom. The Morgan fingerprint density at radius 2 is 1.34 bits per heavy atom. The molecule has 0 unspecified atom stereocenters. The highest BCUT2D eigenvalue weighted by Crippen LogP contribution is 2.42. The minimum Gasteiger partial charge on any atom is -0.494 e. The second kappa shape index (κ2) is 14.7. The van der Waals surface area contributed by atoms with Crippen LogP contribution in [0, 0.1) is 35.5 Å². The van der Waals surface area contributed by atoms with Gasteiger partial charge in [0.2, 0.25) is 0 Å². The number of hydrogen-bond donors (Lipinski definition) is 0. The van der Waals surface area contributed by atoms with E-state index in [0.717, 1.165) is 42.1 Å². The van der Waals surface area contributed by atoms with Crippen LogP contribution in [0.3, 0.4) is 0 Å². The van der Waals surface area contributed by atoms with E-state index in [1.165, 1.54) is 96.3 Å². The predicted octanol–water partition coefficient (Wildman–Crippen LogP) is 9.19. The quantitative estimate of drug-likeness (QED) is 0.248. The Bertz CT molecular complexity index is 663. The van der Waals surface area contributed by atoms with E-state index in [-0.39, 0.29) is 0 Å². The molecular weight excluding hydrogens is 388 g/mol. The Labute approximate surface area is 199 Å². The number of hydrogen-bond acceptors (Lipinski definition) is 1. The lowest BCUT2D eigenvalue weighted by atomic mass is 9.69. The third kappa shape index (κ3) is 8.84. The predicted molar refractivity (Wildman–Crippen MR) is 138 cm³/mol. The van der Waals surface area contributed by atoms with Gasteiger partial charge < -0.3 is 4.74 Å². The Balaban J connectivity index is 1.32. The maximum Gasteiger partial charge on any atom is 0.119 e. The summed E-state index contributed by atoms with van der Waals surface area (Å²) in [7, 11) is 0. The molecule has 2 aliphatic carbocycles. The van der Waals surface area contributed by atoms with Gasteiger partial charge in [-0.05, 0) is 87.0 Å². The monoisotopic (exact) mass is 436 g/mol. The van der Waals surface area contributed by atoms with Crippen molar-refractivity contribution in [2.24, 2.45) is 23.7 Å². The molecule has 2 aliphatic rings. The van der Waals surface area contributed by atoms with Gasteiger partial charge in [0.25, 0.3) is 0 Å². The lowest BCUT2D eigenvalue weighted by Gasteiger charge is -2.37. The Hall–Kier alpha value is -1.42. The number of ether oxygens (including phenoxy) is 1. The second-order valence-electron chi connectivity index (χ2n) is 10.6. The van der Waals surface area contributed by atoms with Crippen molar-refractivity contribution in [3.05, 3.63) is 29.8 Å². The average molecular weight is 437 g/mol. The lowest BCUT2D eigenvalue weighted by molar-refractivity contribution is 0.153. The van der Waals surface area contributed by atoms with Crippen LogP contribution in [-0.4, -0.2) is 6.61 Å². The van der Waals surface area contributed by atoms with Crippen LogP contribution in [0.15, 0.2) is 24.3 Å². The third-order valence-electron chi connectivity index (χ3n) is 8.09. The van der Waals surface area contributed by atoms with Gasteiger partial charge in [0.05, 0.1) is 6.61 Å². The molecule has 0 saturated heterocycles. The van der Waals surface area contributed by atoms with Crippen LogP contribution in [0.25, 0.3) is 0 Å². The molecule has 2 saturated carbocycles. The maximum atomic E-state index is 5.76. The molecule has 0 heterocycles. The van der Waals surface area contributed by atoms with Gasteiger partial charge in [0.15, 0.2) is 0 Å². The van der Waals surface area contributed by atoms with Crippen LogP contribution < -0.4 is 4.74 Å². The summed E-state index contributed by atoms with van der Waals surface area (Å²) in [5, 5.41) is 0. The van der Waals surface area contributed by atoms with Crippen LogP contribution in [0.5, 0.6) is 5.75 Å². The van der Waals surface area contributed by atoms with E-state index in [0.29, 0.717) is 5.92 Å². The molecule has 1 nitrogen and oxygen atoms in total. The van der Waals surface area contributed by atoms with E-state index in [2.05, 4.69) is 50.0 Å². The van der Waals surface area contributed by atoms with Crippen LogP contribution in [0.4, 0.5) is 0 Å². The normalized spacial score (nSPS) is 25.7. The molecular formula is C31H48O. The van der Waals surface area contributed by atoms with E-state index in [9.17, 15) is 0 Å². The summed E-state index contributed by atoms with van der Waals surface area (Å²) in [6.07, 6.45) is 22.5. The number of rotatable bonds is 11.